The molecule has 28 heavy (non-hydrogen) atoms. The van der Waals surface area contributed by atoms with E-state index < -0.39 is 0 Å². The van der Waals surface area contributed by atoms with Crippen molar-refractivity contribution in [3.8, 4) is 10.6 Å². The van der Waals surface area contributed by atoms with Gasteiger partial charge in [0.15, 0.2) is 10.9 Å². The Labute approximate surface area is 173 Å². The minimum absolute atomic E-state index is 0.0551. The van der Waals surface area contributed by atoms with Crippen LogP contribution in [-0.4, -0.2) is 30.8 Å². The highest BCUT2D eigenvalue weighted by Gasteiger charge is 2.13. The molecule has 1 aromatic carbocycles. The molecule has 0 bridgehead atoms. The lowest BCUT2D eigenvalue weighted by molar-refractivity contribution is -0.119. The molecule has 2 N–H and O–H groups in total. The van der Waals surface area contributed by atoms with Crippen LogP contribution < -0.4 is 10.6 Å². The summed E-state index contributed by atoms with van der Waals surface area (Å²) in [4.78, 5) is 12.7. The molecule has 9 heteroatoms. The Hall–Kier alpha value is -2.39. The molecule has 3 aromatic rings. The minimum Gasteiger partial charge on any atom is -0.332 e. The molecule has 0 aliphatic rings. The maximum atomic E-state index is 12.0. The summed E-state index contributed by atoms with van der Waals surface area (Å²) in [6.07, 6.45) is 4.26. The molecule has 2 aromatic heterocycles. The fourth-order valence-electron chi connectivity index (χ4n) is 2.76. The van der Waals surface area contributed by atoms with E-state index >= 15 is 0 Å². The number of carbonyl (C=O) groups excluding carboxylic acids is 1. The highest BCUT2D eigenvalue weighted by atomic mass is 32.1. The van der Waals surface area contributed by atoms with Gasteiger partial charge in [-0.2, -0.15) is 9.61 Å². The largest absolute Gasteiger partial charge is 0.332 e. The van der Waals surface area contributed by atoms with E-state index in [2.05, 4.69) is 32.9 Å². The number of nitrogens with one attached hydrogen (secondary N) is 2. The van der Waals surface area contributed by atoms with Crippen LogP contribution in [0.2, 0.25) is 0 Å². The number of aryl methyl sites for hydroxylation is 2. The van der Waals surface area contributed by atoms with Crippen LogP contribution in [-0.2, 0) is 11.2 Å². The molecular weight excluding hydrogens is 392 g/mol. The molecule has 0 saturated carbocycles. The Morgan fingerprint density at radius 3 is 2.82 bits per heavy atom. The number of carbonyl (C=O) groups is 1. The van der Waals surface area contributed by atoms with Crippen molar-refractivity contribution in [1.82, 2.24) is 25.1 Å². The zero-order valence-corrected chi connectivity index (χ0v) is 17.9. The predicted octanol–water partition coefficient (Wildman–Crippen LogP) is 4.12. The Kier molecular flexibility index (Phi) is 6.69. The molecule has 0 radical (unpaired) electrons. The molecule has 0 fully saturated rings. The number of unbranched alkanes of at least 4 members (excludes halogenated alkanes) is 2. The van der Waals surface area contributed by atoms with Crippen molar-refractivity contribution in [3.63, 3.8) is 0 Å². The zero-order valence-electron chi connectivity index (χ0n) is 16.3. The van der Waals surface area contributed by atoms with Gasteiger partial charge in [-0.1, -0.05) is 50.2 Å². The van der Waals surface area contributed by atoms with Crippen LogP contribution in [0.15, 0.2) is 18.2 Å². The van der Waals surface area contributed by atoms with Crippen molar-refractivity contribution in [1.29, 1.82) is 0 Å². The van der Waals surface area contributed by atoms with Crippen molar-refractivity contribution >= 4 is 45.2 Å². The first-order valence-electron chi connectivity index (χ1n) is 9.44. The summed E-state index contributed by atoms with van der Waals surface area (Å²) in [5.41, 5.74) is 2.84. The Morgan fingerprint density at radius 1 is 1.25 bits per heavy atom. The van der Waals surface area contributed by atoms with Gasteiger partial charge in [0.05, 0.1) is 0 Å². The number of benzene rings is 1. The number of anilines is 1. The lowest BCUT2D eigenvalue weighted by Gasteiger charge is -2.12. The summed E-state index contributed by atoms with van der Waals surface area (Å²) in [5.74, 6) is 0.787. The topological polar surface area (TPSA) is 84.2 Å². The van der Waals surface area contributed by atoms with Gasteiger partial charge in [0.2, 0.25) is 10.9 Å². The van der Waals surface area contributed by atoms with Crippen LogP contribution in [0.3, 0.4) is 0 Å². The molecule has 0 spiro atoms. The normalized spacial score (nSPS) is 11.0. The van der Waals surface area contributed by atoms with Gasteiger partial charge in [0.1, 0.15) is 5.01 Å². The second-order valence-corrected chi connectivity index (χ2v) is 7.92. The number of amides is 1. The van der Waals surface area contributed by atoms with E-state index in [1.54, 1.807) is 4.52 Å². The van der Waals surface area contributed by atoms with Crippen LogP contribution >= 0.6 is 23.6 Å². The van der Waals surface area contributed by atoms with Crippen LogP contribution in [0.4, 0.5) is 5.69 Å². The van der Waals surface area contributed by atoms with Crippen LogP contribution in [0.5, 0.6) is 0 Å². The smallest absolute Gasteiger partial charge is 0.234 e. The van der Waals surface area contributed by atoms with Crippen LogP contribution in [0.1, 0.15) is 50.9 Å². The number of fused-ring (bicyclic) bond motifs is 1. The lowest BCUT2D eigenvalue weighted by atomic mass is 10.1. The first-order chi connectivity index (χ1) is 13.5. The van der Waals surface area contributed by atoms with Crippen molar-refractivity contribution in [3.05, 3.63) is 29.6 Å². The van der Waals surface area contributed by atoms with E-state index in [0.29, 0.717) is 11.5 Å². The van der Waals surface area contributed by atoms with E-state index in [4.69, 9.17) is 12.2 Å². The van der Waals surface area contributed by atoms with E-state index in [1.807, 2.05) is 32.0 Å². The summed E-state index contributed by atoms with van der Waals surface area (Å²) >= 11 is 6.79. The van der Waals surface area contributed by atoms with Crippen LogP contribution in [0.25, 0.3) is 15.5 Å². The average molecular weight is 417 g/mol. The van der Waals surface area contributed by atoms with Crippen molar-refractivity contribution < 1.29 is 4.79 Å². The molecule has 0 aliphatic heterocycles. The molecule has 0 aliphatic carbocycles. The van der Waals surface area contributed by atoms with Crippen molar-refractivity contribution in [2.24, 2.45) is 0 Å². The fourth-order valence-corrected chi connectivity index (χ4v) is 3.84. The Morgan fingerprint density at radius 2 is 2.07 bits per heavy atom. The number of aromatic nitrogens is 4. The number of thiocarbonyl (C=S) groups is 1. The molecular formula is C19H24N6OS2. The van der Waals surface area contributed by atoms with Gasteiger partial charge < -0.3 is 10.6 Å². The number of hydrogen-bond acceptors (Lipinski definition) is 6. The van der Waals surface area contributed by atoms with Gasteiger partial charge in [-0.15, -0.1) is 10.2 Å². The zero-order chi connectivity index (χ0) is 20.1. The summed E-state index contributed by atoms with van der Waals surface area (Å²) in [6.45, 7) is 6.13. The monoisotopic (exact) mass is 416 g/mol. The van der Waals surface area contributed by atoms with E-state index in [9.17, 15) is 4.79 Å². The predicted molar refractivity (Wildman–Crippen MR) is 117 cm³/mol. The van der Waals surface area contributed by atoms with Gasteiger partial charge in [-0.05, 0) is 37.2 Å². The van der Waals surface area contributed by atoms with Crippen LogP contribution in [0, 0.1) is 6.92 Å². The number of nitrogens with zero attached hydrogens (tertiary/aromatic N) is 4. The van der Waals surface area contributed by atoms with Gasteiger partial charge in [-0.25, -0.2) is 0 Å². The number of rotatable bonds is 7. The van der Waals surface area contributed by atoms with E-state index in [-0.39, 0.29) is 5.91 Å². The maximum absolute atomic E-state index is 12.0. The second kappa shape index (κ2) is 9.20. The van der Waals surface area contributed by atoms with Crippen molar-refractivity contribution in [2.75, 3.05) is 5.32 Å². The van der Waals surface area contributed by atoms with Gasteiger partial charge >= 0.3 is 0 Å². The van der Waals surface area contributed by atoms with Gasteiger partial charge in [0.25, 0.3) is 0 Å². The first kappa shape index (κ1) is 20.3. The summed E-state index contributed by atoms with van der Waals surface area (Å²) in [6, 6.07) is 6.01. The molecule has 3 rings (SSSR count). The lowest BCUT2D eigenvalue weighted by Crippen LogP contribution is -2.34. The fraction of sp³-hybridized carbons (Fsp3) is 0.421. The summed E-state index contributed by atoms with van der Waals surface area (Å²) in [5, 5.41) is 20.0. The Bertz CT molecular complexity index is 994. The number of hydrogen-bond donors (Lipinski definition) is 2. The van der Waals surface area contributed by atoms with E-state index in [1.165, 1.54) is 11.3 Å². The standard InChI is InChI=1S/C19H24N6OS2/c1-4-6-7-8-16(26)21-18(27)20-14-11-13(10-9-12(14)3)17-24-25-15(5-2)22-23-19(25)28-17/h9-11H,4-8H2,1-3H3,(H2,20,21,26,27). The molecule has 0 unspecified atom stereocenters. The molecule has 7 nitrogen and oxygen atoms in total. The van der Waals surface area contributed by atoms with E-state index in [0.717, 1.165) is 58.3 Å². The molecule has 2 heterocycles. The minimum atomic E-state index is -0.0551. The SMILES string of the molecule is CCCCCC(=O)NC(=S)Nc1cc(-c2nn3c(CC)nnc3s2)ccc1C. The van der Waals surface area contributed by atoms with Gasteiger partial charge in [-0.3, -0.25) is 4.79 Å². The quantitative estimate of drug-likeness (QED) is 0.445. The molecule has 148 valence electrons. The van der Waals surface area contributed by atoms with Gasteiger partial charge in [0, 0.05) is 24.1 Å². The average Bonchev–Trinajstić information content (AvgIpc) is 3.24. The highest BCUT2D eigenvalue weighted by molar-refractivity contribution is 7.80. The summed E-state index contributed by atoms with van der Waals surface area (Å²) in [7, 11) is 0. The Balaban J connectivity index is 1.72. The van der Waals surface area contributed by atoms with Crippen molar-refractivity contribution in [2.45, 2.75) is 52.9 Å². The highest BCUT2D eigenvalue weighted by Crippen LogP contribution is 2.29. The molecule has 0 atom stereocenters. The maximum Gasteiger partial charge on any atom is 0.234 e. The summed E-state index contributed by atoms with van der Waals surface area (Å²) < 4.78 is 1.79. The first-order valence-corrected chi connectivity index (χ1v) is 10.7. The molecule has 0 saturated heterocycles. The third-order valence-electron chi connectivity index (χ3n) is 4.36. The third-order valence-corrected chi connectivity index (χ3v) is 5.52. The molecule has 1 amide bonds. The third kappa shape index (κ3) is 4.71. The second-order valence-electron chi connectivity index (χ2n) is 6.56.